The standard InChI is InChI=1S/C53H80N8O8.2ClH/c1-30(2)32(5)56-49(66)41(58-51(68)45(31(3)4)59-47(64)33(6)54-11)24-17-25-43(62)37-20-15-21-38(28-37)44(63)27-35-26-42(50(67)57-40-23-16-19-36-18-13-14-22-39(36)40)61(29-35)52(69)46(53(8,9)10)60-48(65)34(7)55-12;;/h13-15,18,20-22,28,30-35,40-42,45-46,54-55H,16-17,19,23-27,29H2,1-12H3,(H,56,66)(H,57,67)(H,58,68)(H,59,64)(H,60,65);2*1H/t32-,33+,34-,35+,40+,41+,42-,45+,46+;;/m0../s1. The van der Waals surface area contributed by atoms with E-state index in [-0.39, 0.29) is 117 Å². The van der Waals surface area contributed by atoms with Gasteiger partial charge in [-0.3, -0.25) is 38.4 Å². The molecule has 2 aromatic rings. The van der Waals surface area contributed by atoms with Crippen LogP contribution in [0.15, 0.2) is 48.5 Å². The van der Waals surface area contributed by atoms with Gasteiger partial charge in [0, 0.05) is 36.6 Å². The van der Waals surface area contributed by atoms with Crippen molar-refractivity contribution in [3.63, 3.8) is 0 Å². The smallest absolute Gasteiger partial charge is 0.246 e. The number of fused-ring (bicyclic) bond motifs is 1. The van der Waals surface area contributed by atoms with Gasteiger partial charge in [0.1, 0.15) is 24.2 Å². The second-order valence-electron chi connectivity index (χ2n) is 20.9. The molecule has 1 fully saturated rings. The monoisotopic (exact) mass is 1030 g/mol. The summed E-state index contributed by atoms with van der Waals surface area (Å²) < 4.78 is 0. The number of likely N-dealkylation sites (tertiary alicyclic amines) is 1. The van der Waals surface area contributed by atoms with Crippen LogP contribution in [0.25, 0.3) is 0 Å². The Morgan fingerprint density at radius 3 is 1.90 bits per heavy atom. The highest BCUT2D eigenvalue weighted by Crippen LogP contribution is 2.34. The number of carbonyl (C=O) groups excluding carboxylic acids is 8. The molecule has 0 unspecified atom stereocenters. The summed E-state index contributed by atoms with van der Waals surface area (Å²) in [5.41, 5.74) is 2.15. The van der Waals surface area contributed by atoms with Crippen LogP contribution in [-0.4, -0.2) is 115 Å². The van der Waals surface area contributed by atoms with Crippen molar-refractivity contribution < 1.29 is 38.4 Å². The number of rotatable bonds is 23. The van der Waals surface area contributed by atoms with Gasteiger partial charge in [-0.15, -0.1) is 24.8 Å². The molecule has 0 aromatic heterocycles. The van der Waals surface area contributed by atoms with E-state index in [1.54, 1.807) is 66.1 Å². The number of hydrogen-bond acceptors (Lipinski definition) is 10. The summed E-state index contributed by atoms with van der Waals surface area (Å²) in [6.45, 7) is 18.5. The number of ketones is 2. The molecule has 0 saturated carbocycles. The van der Waals surface area contributed by atoms with Crippen molar-refractivity contribution in [3.8, 4) is 0 Å². The predicted molar refractivity (Wildman–Crippen MR) is 282 cm³/mol. The van der Waals surface area contributed by atoms with Crippen molar-refractivity contribution in [2.24, 2.45) is 23.2 Å². The van der Waals surface area contributed by atoms with Crippen molar-refractivity contribution in [2.45, 2.75) is 169 Å². The number of aryl methyl sites for hydroxylation is 1. The summed E-state index contributed by atoms with van der Waals surface area (Å²) in [5.74, 6) is -3.35. The maximum absolute atomic E-state index is 14.6. The Morgan fingerprint density at radius 1 is 0.704 bits per heavy atom. The zero-order chi connectivity index (χ0) is 51.3. The van der Waals surface area contributed by atoms with Crippen LogP contribution < -0.4 is 37.2 Å². The van der Waals surface area contributed by atoms with Gasteiger partial charge < -0.3 is 42.1 Å². The van der Waals surface area contributed by atoms with Gasteiger partial charge in [0.25, 0.3) is 0 Å². The third-order valence-corrected chi connectivity index (χ3v) is 13.8. The van der Waals surface area contributed by atoms with Crippen LogP contribution in [0.4, 0.5) is 0 Å². The number of nitrogens with zero attached hydrogens (tertiary/aromatic N) is 1. The van der Waals surface area contributed by atoms with E-state index in [0.717, 1.165) is 24.8 Å². The van der Waals surface area contributed by atoms with Crippen LogP contribution in [0.1, 0.15) is 152 Å². The molecule has 396 valence electrons. The summed E-state index contributed by atoms with van der Waals surface area (Å²) in [6.07, 6.45) is 3.23. The Bertz CT molecular complexity index is 2170. The van der Waals surface area contributed by atoms with Crippen LogP contribution in [-0.2, 0) is 35.2 Å². The quantitative estimate of drug-likeness (QED) is 0.0703. The van der Waals surface area contributed by atoms with Gasteiger partial charge in [-0.05, 0) is 114 Å². The van der Waals surface area contributed by atoms with Gasteiger partial charge in [-0.2, -0.15) is 0 Å². The number of halogens is 2. The van der Waals surface area contributed by atoms with Gasteiger partial charge in [0.15, 0.2) is 11.6 Å². The van der Waals surface area contributed by atoms with E-state index in [9.17, 15) is 38.4 Å². The number of likely N-dealkylation sites (N-methyl/N-ethyl adjacent to an activating group) is 2. The number of nitrogens with one attached hydrogen (secondary N) is 7. The summed E-state index contributed by atoms with van der Waals surface area (Å²) >= 11 is 0. The minimum absolute atomic E-state index is 0. The lowest BCUT2D eigenvalue weighted by Crippen LogP contribution is -2.59. The average molecular weight is 1030 g/mol. The van der Waals surface area contributed by atoms with Gasteiger partial charge in [-0.1, -0.05) is 90.9 Å². The molecule has 2 aliphatic rings. The topological polar surface area (TPSA) is 224 Å². The molecule has 2 aromatic carbocycles. The summed E-state index contributed by atoms with van der Waals surface area (Å²) in [4.78, 5) is 111. The fourth-order valence-electron chi connectivity index (χ4n) is 8.77. The van der Waals surface area contributed by atoms with Crippen LogP contribution in [0, 0.1) is 23.2 Å². The van der Waals surface area contributed by atoms with E-state index in [1.807, 2.05) is 59.7 Å². The third-order valence-electron chi connectivity index (χ3n) is 13.8. The predicted octanol–water partition coefficient (Wildman–Crippen LogP) is 5.40. The average Bonchev–Trinajstić information content (AvgIpc) is 3.74. The van der Waals surface area contributed by atoms with Crippen LogP contribution in [0.2, 0.25) is 0 Å². The second kappa shape index (κ2) is 28.4. The van der Waals surface area contributed by atoms with Crippen molar-refractivity contribution in [3.05, 3.63) is 70.8 Å². The van der Waals surface area contributed by atoms with E-state index in [0.29, 0.717) is 11.1 Å². The second-order valence-corrected chi connectivity index (χ2v) is 20.9. The molecule has 0 bridgehead atoms. The lowest BCUT2D eigenvalue weighted by molar-refractivity contribution is -0.144. The van der Waals surface area contributed by atoms with E-state index in [2.05, 4.69) is 43.3 Å². The van der Waals surface area contributed by atoms with E-state index in [4.69, 9.17) is 0 Å². The molecule has 0 spiro atoms. The Balaban J connectivity index is 0.00000864. The van der Waals surface area contributed by atoms with Crippen molar-refractivity contribution in [2.75, 3.05) is 20.6 Å². The number of benzene rings is 2. The third kappa shape index (κ3) is 17.4. The lowest BCUT2D eigenvalue weighted by atomic mass is 9.85. The zero-order valence-electron chi connectivity index (χ0n) is 43.9. The first kappa shape index (κ1) is 62.2. The number of amides is 6. The molecule has 1 saturated heterocycles. The van der Waals surface area contributed by atoms with E-state index >= 15 is 0 Å². The van der Waals surface area contributed by atoms with Crippen LogP contribution in [0.5, 0.6) is 0 Å². The SMILES string of the molecule is CN[C@@H](C)C(=O)N[C@H](C(=O)N1C[C@@H](CC(=O)c2cccc(C(=O)CCC[C@@H](NC(=O)[C@H](NC(=O)[C@@H](C)NC)C(C)C)C(=O)N[C@@H](C)C(C)C)c2)C[C@H]1C(=O)N[C@@H]1CCCc2ccccc21)C(C)(C)C.Cl.Cl. The van der Waals surface area contributed by atoms with Crippen LogP contribution >= 0.6 is 24.8 Å². The molecule has 16 nitrogen and oxygen atoms in total. The van der Waals surface area contributed by atoms with Crippen molar-refractivity contribution >= 4 is 71.8 Å². The first-order valence-corrected chi connectivity index (χ1v) is 24.9. The first-order chi connectivity index (χ1) is 32.5. The molecule has 4 rings (SSSR count). The van der Waals surface area contributed by atoms with Crippen molar-refractivity contribution in [1.29, 1.82) is 0 Å². The molecule has 0 radical (unpaired) electrons. The van der Waals surface area contributed by atoms with Crippen LogP contribution in [0.3, 0.4) is 0 Å². The highest BCUT2D eigenvalue weighted by Gasteiger charge is 2.46. The molecule has 71 heavy (non-hydrogen) atoms. The number of hydrogen-bond donors (Lipinski definition) is 7. The Labute approximate surface area is 434 Å². The molecular weight excluding hydrogens is 948 g/mol. The maximum atomic E-state index is 14.6. The van der Waals surface area contributed by atoms with Gasteiger partial charge in [0.2, 0.25) is 35.4 Å². The van der Waals surface area contributed by atoms with E-state index in [1.165, 1.54) is 10.5 Å². The lowest BCUT2D eigenvalue weighted by Gasteiger charge is -2.36. The fraction of sp³-hybridized carbons (Fsp3) is 0.623. The van der Waals surface area contributed by atoms with E-state index < -0.39 is 65.3 Å². The maximum Gasteiger partial charge on any atom is 0.246 e. The molecule has 6 amide bonds. The van der Waals surface area contributed by atoms with Gasteiger partial charge in [-0.25, -0.2) is 0 Å². The minimum atomic E-state index is -0.978. The minimum Gasteiger partial charge on any atom is -0.352 e. The molecule has 7 N–H and O–H groups in total. The summed E-state index contributed by atoms with van der Waals surface area (Å²) in [7, 11) is 3.30. The van der Waals surface area contributed by atoms with Gasteiger partial charge >= 0.3 is 0 Å². The number of Topliss-reactive ketones (excluding diaryl/α,β-unsaturated/α-hetero) is 2. The molecule has 18 heteroatoms. The largest absolute Gasteiger partial charge is 0.352 e. The Kier molecular flexibility index (Phi) is 24.9. The summed E-state index contributed by atoms with van der Waals surface area (Å²) in [6, 6.07) is 9.27. The molecule has 1 aliphatic heterocycles. The highest BCUT2D eigenvalue weighted by atomic mass is 35.5. The molecular formula is C53H82Cl2N8O8. The first-order valence-electron chi connectivity index (χ1n) is 24.9. The zero-order valence-corrected chi connectivity index (χ0v) is 45.5. The summed E-state index contributed by atoms with van der Waals surface area (Å²) in [5, 5.41) is 20.5. The van der Waals surface area contributed by atoms with Crippen molar-refractivity contribution in [1.82, 2.24) is 42.1 Å². The number of carbonyl (C=O) groups is 8. The Morgan fingerprint density at radius 2 is 1.31 bits per heavy atom. The highest BCUT2D eigenvalue weighted by molar-refractivity contribution is 6.02. The molecule has 1 aliphatic carbocycles. The molecule has 9 atom stereocenters. The Hall–Kier alpha value is -4.90. The fourth-order valence-corrected chi connectivity index (χ4v) is 8.77. The molecule has 1 heterocycles. The normalized spacial score (nSPS) is 19.0. The van der Waals surface area contributed by atoms with Gasteiger partial charge in [0.05, 0.1) is 18.1 Å².